The van der Waals surface area contributed by atoms with Crippen molar-refractivity contribution in [2.24, 2.45) is 0 Å². The van der Waals surface area contributed by atoms with E-state index in [1.165, 1.54) is 11.1 Å². The molecule has 0 unspecified atom stereocenters. The maximum absolute atomic E-state index is 5.74. The standard InChI is InChI=1S/C17H16N2OS/c1-12-7-9-14(10-8-12)11-21-17-19-18-16(20-17)15-6-4-3-5-13(15)2/h3-10H,11H2,1-2H3. The first kappa shape index (κ1) is 13.9. The van der Waals surface area contributed by atoms with Gasteiger partial charge in [-0.2, -0.15) is 0 Å². The second-order valence-electron chi connectivity index (χ2n) is 4.96. The quantitative estimate of drug-likeness (QED) is 0.657. The third kappa shape index (κ3) is 3.34. The summed E-state index contributed by atoms with van der Waals surface area (Å²) in [7, 11) is 0. The fourth-order valence-electron chi connectivity index (χ4n) is 2.02. The van der Waals surface area contributed by atoms with Crippen LogP contribution in [0.25, 0.3) is 11.5 Å². The second kappa shape index (κ2) is 6.14. The van der Waals surface area contributed by atoms with Crippen LogP contribution in [0.15, 0.2) is 58.2 Å². The third-order valence-electron chi connectivity index (χ3n) is 3.26. The Labute approximate surface area is 128 Å². The summed E-state index contributed by atoms with van der Waals surface area (Å²) in [5.41, 5.74) is 4.65. The zero-order chi connectivity index (χ0) is 14.7. The van der Waals surface area contributed by atoms with Gasteiger partial charge in [-0.15, -0.1) is 10.2 Å². The lowest BCUT2D eigenvalue weighted by Gasteiger charge is -2.00. The van der Waals surface area contributed by atoms with Crippen LogP contribution in [0.3, 0.4) is 0 Å². The summed E-state index contributed by atoms with van der Waals surface area (Å²) >= 11 is 1.56. The van der Waals surface area contributed by atoms with Crippen LogP contribution in [-0.2, 0) is 5.75 Å². The molecule has 0 aliphatic rings. The Hall–Kier alpha value is -2.07. The second-order valence-corrected chi connectivity index (χ2v) is 5.89. The van der Waals surface area contributed by atoms with Crippen LogP contribution in [-0.4, -0.2) is 10.2 Å². The molecule has 3 rings (SSSR count). The molecule has 0 amide bonds. The lowest BCUT2D eigenvalue weighted by atomic mass is 10.1. The Balaban J connectivity index is 1.71. The first-order valence-corrected chi connectivity index (χ1v) is 7.79. The summed E-state index contributed by atoms with van der Waals surface area (Å²) < 4.78 is 5.74. The summed E-state index contributed by atoms with van der Waals surface area (Å²) in [5.74, 6) is 1.41. The van der Waals surface area contributed by atoms with Gasteiger partial charge >= 0.3 is 0 Å². The van der Waals surface area contributed by atoms with Crippen LogP contribution in [0.4, 0.5) is 0 Å². The number of rotatable bonds is 4. The Morgan fingerprint density at radius 3 is 2.48 bits per heavy atom. The largest absolute Gasteiger partial charge is 0.411 e. The number of aryl methyl sites for hydroxylation is 2. The van der Waals surface area contributed by atoms with Crippen molar-refractivity contribution >= 4 is 11.8 Å². The predicted octanol–water partition coefficient (Wildman–Crippen LogP) is 4.65. The van der Waals surface area contributed by atoms with E-state index in [2.05, 4.69) is 41.4 Å². The molecule has 0 radical (unpaired) electrons. The minimum Gasteiger partial charge on any atom is -0.411 e. The van der Waals surface area contributed by atoms with E-state index in [4.69, 9.17) is 4.42 Å². The highest BCUT2D eigenvalue weighted by molar-refractivity contribution is 7.98. The van der Waals surface area contributed by atoms with Gasteiger partial charge in [0.15, 0.2) is 0 Å². The van der Waals surface area contributed by atoms with E-state index in [9.17, 15) is 0 Å². The molecule has 0 atom stereocenters. The van der Waals surface area contributed by atoms with Gasteiger partial charge in [-0.3, -0.25) is 0 Å². The molecule has 106 valence electrons. The van der Waals surface area contributed by atoms with Crippen molar-refractivity contribution in [3.8, 4) is 11.5 Å². The maximum Gasteiger partial charge on any atom is 0.277 e. The molecule has 0 aliphatic carbocycles. The van der Waals surface area contributed by atoms with Crippen molar-refractivity contribution in [3.05, 3.63) is 65.2 Å². The summed E-state index contributed by atoms with van der Waals surface area (Å²) in [5, 5.41) is 8.85. The minimum atomic E-state index is 0.583. The van der Waals surface area contributed by atoms with Crippen molar-refractivity contribution in [2.75, 3.05) is 0 Å². The van der Waals surface area contributed by atoms with E-state index in [-0.39, 0.29) is 0 Å². The average molecular weight is 296 g/mol. The first-order valence-electron chi connectivity index (χ1n) is 6.80. The van der Waals surface area contributed by atoms with E-state index >= 15 is 0 Å². The summed E-state index contributed by atoms with van der Waals surface area (Å²) in [6.07, 6.45) is 0. The molecule has 3 aromatic rings. The minimum absolute atomic E-state index is 0.583. The van der Waals surface area contributed by atoms with Gasteiger partial charge in [0.2, 0.25) is 5.89 Å². The van der Waals surface area contributed by atoms with Gasteiger partial charge in [0.05, 0.1) is 0 Å². The molecule has 0 N–H and O–H groups in total. The van der Waals surface area contributed by atoms with Crippen molar-refractivity contribution < 1.29 is 4.42 Å². The van der Waals surface area contributed by atoms with Gasteiger partial charge in [-0.1, -0.05) is 59.8 Å². The predicted molar refractivity (Wildman–Crippen MR) is 85.2 cm³/mol. The molecule has 2 aromatic carbocycles. The van der Waals surface area contributed by atoms with Crippen LogP contribution in [0.2, 0.25) is 0 Å². The van der Waals surface area contributed by atoms with E-state index in [0.717, 1.165) is 16.9 Å². The van der Waals surface area contributed by atoms with Gasteiger partial charge in [0.1, 0.15) is 0 Å². The smallest absolute Gasteiger partial charge is 0.277 e. The molecular formula is C17H16N2OS. The highest BCUT2D eigenvalue weighted by Crippen LogP contribution is 2.27. The summed E-state index contributed by atoms with van der Waals surface area (Å²) in [6, 6.07) is 16.5. The molecule has 21 heavy (non-hydrogen) atoms. The fraction of sp³-hybridized carbons (Fsp3) is 0.176. The lowest BCUT2D eigenvalue weighted by Crippen LogP contribution is -1.81. The molecule has 3 nitrogen and oxygen atoms in total. The van der Waals surface area contributed by atoms with Gasteiger partial charge in [-0.05, 0) is 31.0 Å². The monoisotopic (exact) mass is 296 g/mol. The number of aromatic nitrogens is 2. The molecule has 0 saturated heterocycles. The molecule has 0 saturated carbocycles. The highest BCUT2D eigenvalue weighted by Gasteiger charge is 2.10. The van der Waals surface area contributed by atoms with Crippen molar-refractivity contribution in [3.63, 3.8) is 0 Å². The number of hydrogen-bond acceptors (Lipinski definition) is 4. The van der Waals surface area contributed by atoms with Crippen LogP contribution in [0.1, 0.15) is 16.7 Å². The average Bonchev–Trinajstić information content (AvgIpc) is 2.96. The van der Waals surface area contributed by atoms with Gasteiger partial charge < -0.3 is 4.42 Å². The highest BCUT2D eigenvalue weighted by atomic mass is 32.2. The Bertz CT molecular complexity index is 735. The number of nitrogens with zero attached hydrogens (tertiary/aromatic N) is 2. The molecule has 0 aliphatic heterocycles. The third-order valence-corrected chi connectivity index (χ3v) is 4.15. The Morgan fingerprint density at radius 1 is 0.952 bits per heavy atom. The number of benzene rings is 2. The lowest BCUT2D eigenvalue weighted by molar-refractivity contribution is 0.465. The van der Waals surface area contributed by atoms with Gasteiger partial charge in [0.25, 0.3) is 5.22 Å². The Kier molecular flexibility index (Phi) is 4.06. The molecule has 0 bridgehead atoms. The molecule has 1 aromatic heterocycles. The van der Waals surface area contributed by atoms with Crippen molar-refractivity contribution in [1.29, 1.82) is 0 Å². The van der Waals surface area contributed by atoms with Crippen LogP contribution < -0.4 is 0 Å². The molecular weight excluding hydrogens is 280 g/mol. The topological polar surface area (TPSA) is 38.9 Å². The fourth-order valence-corrected chi connectivity index (χ4v) is 2.74. The summed E-state index contributed by atoms with van der Waals surface area (Å²) in [6.45, 7) is 4.13. The van der Waals surface area contributed by atoms with E-state index in [1.807, 2.05) is 31.2 Å². The van der Waals surface area contributed by atoms with Crippen LogP contribution in [0.5, 0.6) is 0 Å². The van der Waals surface area contributed by atoms with E-state index in [0.29, 0.717) is 11.1 Å². The van der Waals surface area contributed by atoms with E-state index < -0.39 is 0 Å². The van der Waals surface area contributed by atoms with Crippen molar-refractivity contribution in [1.82, 2.24) is 10.2 Å². The SMILES string of the molecule is Cc1ccc(CSc2nnc(-c3ccccc3C)o2)cc1. The molecule has 0 spiro atoms. The summed E-state index contributed by atoms with van der Waals surface area (Å²) in [4.78, 5) is 0. The maximum atomic E-state index is 5.74. The zero-order valence-electron chi connectivity index (χ0n) is 12.0. The van der Waals surface area contributed by atoms with Crippen molar-refractivity contribution in [2.45, 2.75) is 24.8 Å². The molecule has 1 heterocycles. The van der Waals surface area contributed by atoms with E-state index in [1.54, 1.807) is 11.8 Å². The van der Waals surface area contributed by atoms with Gasteiger partial charge in [0, 0.05) is 11.3 Å². The van der Waals surface area contributed by atoms with Crippen LogP contribution >= 0.6 is 11.8 Å². The molecule has 0 fully saturated rings. The number of hydrogen-bond donors (Lipinski definition) is 0. The zero-order valence-corrected chi connectivity index (χ0v) is 12.9. The Morgan fingerprint density at radius 2 is 1.71 bits per heavy atom. The van der Waals surface area contributed by atoms with Crippen LogP contribution in [0, 0.1) is 13.8 Å². The molecule has 4 heteroatoms. The normalized spacial score (nSPS) is 10.8. The van der Waals surface area contributed by atoms with Gasteiger partial charge in [-0.25, -0.2) is 0 Å². The number of thioether (sulfide) groups is 1. The first-order chi connectivity index (χ1) is 10.2.